The lowest BCUT2D eigenvalue weighted by Gasteiger charge is -2.19. The molecule has 2 N–H and O–H groups in total. The fraction of sp³-hybridized carbons (Fsp3) is 0.385. The standard InChI is InChI=1S/C13H17N3O5S/c1-13(2,3)20-12(17)16-22(18,19)14-8-10-9-6-4-5-7-11(9)21-15-10/h4-7,14H,8H2,1-3H3,(H,16,17). The Morgan fingerprint density at radius 1 is 1.32 bits per heavy atom. The number of carbonyl (C=O) groups excluding carboxylic acids is 1. The topological polar surface area (TPSA) is 111 Å². The maximum atomic E-state index is 11.8. The van der Waals surface area contributed by atoms with Crippen LogP contribution in [0.3, 0.4) is 0 Å². The zero-order valence-corrected chi connectivity index (χ0v) is 13.2. The van der Waals surface area contributed by atoms with Gasteiger partial charge in [-0.1, -0.05) is 17.3 Å². The predicted molar refractivity (Wildman–Crippen MR) is 79.1 cm³/mol. The van der Waals surface area contributed by atoms with Crippen molar-refractivity contribution in [3.63, 3.8) is 0 Å². The van der Waals surface area contributed by atoms with Crippen LogP contribution in [-0.4, -0.2) is 25.3 Å². The number of hydrogen-bond acceptors (Lipinski definition) is 6. The van der Waals surface area contributed by atoms with Crippen LogP contribution in [0.5, 0.6) is 0 Å². The number of nitrogens with one attached hydrogen (secondary N) is 2. The SMILES string of the molecule is CC(C)(C)OC(=O)NS(=O)(=O)NCc1noc2ccccc12. The summed E-state index contributed by atoms with van der Waals surface area (Å²) in [4.78, 5) is 11.5. The highest BCUT2D eigenvalue weighted by Crippen LogP contribution is 2.17. The molecule has 9 heteroatoms. The van der Waals surface area contributed by atoms with Crippen molar-refractivity contribution in [3.8, 4) is 0 Å². The molecule has 0 aliphatic carbocycles. The molecule has 1 amide bonds. The molecule has 0 bridgehead atoms. The van der Waals surface area contributed by atoms with Crippen molar-refractivity contribution >= 4 is 27.3 Å². The second-order valence-electron chi connectivity index (χ2n) is 5.55. The van der Waals surface area contributed by atoms with Gasteiger partial charge in [-0.2, -0.15) is 13.1 Å². The van der Waals surface area contributed by atoms with E-state index in [1.54, 1.807) is 49.8 Å². The summed E-state index contributed by atoms with van der Waals surface area (Å²) in [6.45, 7) is 4.78. The number of hydrogen-bond donors (Lipinski definition) is 2. The first kappa shape index (κ1) is 16.2. The Balaban J connectivity index is 1.99. The number of fused-ring (bicyclic) bond motifs is 1. The van der Waals surface area contributed by atoms with Crippen molar-refractivity contribution < 1.29 is 22.5 Å². The van der Waals surface area contributed by atoms with Crippen molar-refractivity contribution in [2.75, 3.05) is 0 Å². The molecule has 0 unspecified atom stereocenters. The minimum atomic E-state index is -4.05. The molecule has 0 aliphatic heterocycles. The molecule has 0 saturated heterocycles. The Labute approximate surface area is 128 Å². The Bertz CT molecular complexity index is 776. The summed E-state index contributed by atoms with van der Waals surface area (Å²) in [7, 11) is -4.05. The average molecular weight is 327 g/mol. The van der Waals surface area contributed by atoms with Crippen LogP contribution in [0.1, 0.15) is 26.5 Å². The van der Waals surface area contributed by atoms with Crippen LogP contribution in [-0.2, 0) is 21.5 Å². The maximum Gasteiger partial charge on any atom is 0.422 e. The Kier molecular flexibility index (Phi) is 4.38. The number of benzene rings is 1. The number of rotatable bonds is 4. The van der Waals surface area contributed by atoms with E-state index >= 15 is 0 Å². The van der Waals surface area contributed by atoms with Crippen molar-refractivity contribution in [1.29, 1.82) is 0 Å². The second kappa shape index (κ2) is 5.93. The summed E-state index contributed by atoms with van der Waals surface area (Å²) in [6, 6.07) is 7.05. The molecule has 0 saturated carbocycles. The zero-order chi connectivity index (χ0) is 16.4. The van der Waals surface area contributed by atoms with Crippen molar-refractivity contribution in [3.05, 3.63) is 30.0 Å². The maximum absolute atomic E-state index is 11.8. The van der Waals surface area contributed by atoms with E-state index in [9.17, 15) is 13.2 Å². The van der Waals surface area contributed by atoms with Gasteiger partial charge in [-0.3, -0.25) is 0 Å². The lowest BCUT2D eigenvalue weighted by Crippen LogP contribution is -2.42. The van der Waals surface area contributed by atoms with E-state index in [1.165, 1.54) is 0 Å². The van der Waals surface area contributed by atoms with Crippen LogP contribution in [0.25, 0.3) is 11.0 Å². The number of carbonyl (C=O) groups is 1. The van der Waals surface area contributed by atoms with Gasteiger partial charge in [-0.15, -0.1) is 0 Å². The number of para-hydroxylation sites is 1. The molecule has 0 fully saturated rings. The summed E-state index contributed by atoms with van der Waals surface area (Å²) in [5.74, 6) is 0. The van der Waals surface area contributed by atoms with Crippen molar-refractivity contribution in [2.45, 2.75) is 32.9 Å². The third kappa shape index (κ3) is 4.43. The molecule has 1 aromatic heterocycles. The first-order valence-corrected chi connectivity index (χ1v) is 7.98. The van der Waals surface area contributed by atoms with Crippen LogP contribution in [0.15, 0.2) is 28.8 Å². The zero-order valence-electron chi connectivity index (χ0n) is 12.4. The Morgan fingerprint density at radius 3 is 2.68 bits per heavy atom. The van der Waals surface area contributed by atoms with E-state index < -0.39 is 21.9 Å². The highest BCUT2D eigenvalue weighted by atomic mass is 32.2. The van der Waals surface area contributed by atoms with Crippen LogP contribution in [0, 0.1) is 0 Å². The Hall–Kier alpha value is -2.13. The van der Waals surface area contributed by atoms with Gasteiger partial charge in [0.2, 0.25) is 0 Å². The molecule has 0 aliphatic rings. The summed E-state index contributed by atoms with van der Waals surface area (Å²) in [6.07, 6.45) is -1.05. The molecule has 120 valence electrons. The molecule has 1 aromatic carbocycles. The molecule has 8 nitrogen and oxygen atoms in total. The van der Waals surface area contributed by atoms with E-state index in [2.05, 4.69) is 9.88 Å². The fourth-order valence-corrected chi connectivity index (χ4v) is 2.33. The first-order chi connectivity index (χ1) is 10.2. The smallest absolute Gasteiger partial charge is 0.422 e. The van der Waals surface area contributed by atoms with E-state index in [0.717, 1.165) is 0 Å². The highest BCUT2D eigenvalue weighted by molar-refractivity contribution is 7.88. The number of aromatic nitrogens is 1. The molecule has 2 aromatic rings. The van der Waals surface area contributed by atoms with Crippen molar-refractivity contribution in [1.82, 2.24) is 14.6 Å². The molecule has 2 rings (SSSR count). The van der Waals surface area contributed by atoms with E-state index in [-0.39, 0.29) is 6.54 Å². The van der Waals surface area contributed by atoms with Gasteiger partial charge in [-0.25, -0.2) is 9.52 Å². The number of nitrogens with zero attached hydrogens (tertiary/aromatic N) is 1. The van der Waals surface area contributed by atoms with Gasteiger partial charge in [0.1, 0.15) is 11.3 Å². The van der Waals surface area contributed by atoms with Crippen molar-refractivity contribution in [2.24, 2.45) is 0 Å². The van der Waals surface area contributed by atoms with Gasteiger partial charge in [-0.05, 0) is 32.9 Å². The molecule has 22 heavy (non-hydrogen) atoms. The average Bonchev–Trinajstić information content (AvgIpc) is 2.76. The van der Waals surface area contributed by atoms with Crippen LogP contribution < -0.4 is 9.44 Å². The highest BCUT2D eigenvalue weighted by Gasteiger charge is 2.21. The molecular formula is C13H17N3O5S. The number of ether oxygens (including phenoxy) is 1. The van der Waals surface area contributed by atoms with Gasteiger partial charge in [0.05, 0.1) is 6.54 Å². The van der Waals surface area contributed by atoms with E-state index in [4.69, 9.17) is 9.26 Å². The minimum Gasteiger partial charge on any atom is -0.443 e. The molecular weight excluding hydrogens is 310 g/mol. The molecule has 0 radical (unpaired) electrons. The first-order valence-electron chi connectivity index (χ1n) is 6.50. The van der Waals surface area contributed by atoms with Gasteiger partial charge in [0, 0.05) is 5.39 Å². The normalized spacial score (nSPS) is 12.3. The van der Waals surface area contributed by atoms with Gasteiger partial charge < -0.3 is 9.26 Å². The van der Waals surface area contributed by atoms with Gasteiger partial charge >= 0.3 is 16.3 Å². The van der Waals surface area contributed by atoms with Crippen LogP contribution >= 0.6 is 0 Å². The van der Waals surface area contributed by atoms with Gasteiger partial charge in [0.25, 0.3) is 0 Å². The lowest BCUT2D eigenvalue weighted by molar-refractivity contribution is 0.0569. The lowest BCUT2D eigenvalue weighted by atomic mass is 10.2. The summed E-state index contributed by atoms with van der Waals surface area (Å²) in [5.41, 5.74) is 0.184. The molecule has 0 atom stereocenters. The van der Waals surface area contributed by atoms with Crippen LogP contribution in [0.2, 0.25) is 0 Å². The molecule has 1 heterocycles. The van der Waals surface area contributed by atoms with Crippen LogP contribution in [0.4, 0.5) is 4.79 Å². The summed E-state index contributed by atoms with van der Waals surface area (Å²) >= 11 is 0. The largest absolute Gasteiger partial charge is 0.443 e. The fourth-order valence-electron chi connectivity index (χ4n) is 1.67. The minimum absolute atomic E-state index is 0.116. The third-order valence-electron chi connectivity index (χ3n) is 2.50. The predicted octanol–water partition coefficient (Wildman–Crippen LogP) is 1.69. The number of amides is 1. The second-order valence-corrected chi connectivity index (χ2v) is 7.05. The summed E-state index contributed by atoms with van der Waals surface area (Å²) < 4.78 is 37.5. The molecule has 0 spiro atoms. The Morgan fingerprint density at radius 2 is 2.00 bits per heavy atom. The van der Waals surface area contributed by atoms with Gasteiger partial charge in [0.15, 0.2) is 5.58 Å². The quantitative estimate of drug-likeness (QED) is 0.884. The van der Waals surface area contributed by atoms with E-state index in [0.29, 0.717) is 16.7 Å². The monoisotopic (exact) mass is 327 g/mol. The van der Waals surface area contributed by atoms with E-state index in [1.807, 2.05) is 0 Å². The summed E-state index contributed by atoms with van der Waals surface area (Å²) in [5, 5.41) is 4.49. The third-order valence-corrected chi connectivity index (χ3v) is 3.46.